The van der Waals surface area contributed by atoms with Gasteiger partial charge in [-0.3, -0.25) is 4.79 Å². The minimum atomic E-state index is -0.388. The van der Waals surface area contributed by atoms with E-state index in [-0.39, 0.29) is 16.7 Å². The summed E-state index contributed by atoms with van der Waals surface area (Å²) in [5, 5.41) is 16.2. The second-order valence-electron chi connectivity index (χ2n) is 7.54. The topological polar surface area (TPSA) is 74.8 Å². The highest BCUT2D eigenvalue weighted by Gasteiger charge is 2.68. The van der Waals surface area contributed by atoms with Crippen LogP contribution in [-0.4, -0.2) is 38.5 Å². The first-order valence-electron chi connectivity index (χ1n) is 8.56. The number of carbonyl (C=O) groups excluding carboxylic acids is 1. The van der Waals surface area contributed by atoms with Crippen LogP contribution in [0.15, 0.2) is 41.8 Å². The minimum absolute atomic E-state index is 0.00429. The van der Waals surface area contributed by atoms with Crippen molar-refractivity contribution in [1.29, 1.82) is 0 Å². The summed E-state index contributed by atoms with van der Waals surface area (Å²) in [6.07, 6.45) is 0.895. The minimum Gasteiger partial charge on any atom is -0.341 e. The van der Waals surface area contributed by atoms with Crippen molar-refractivity contribution in [1.82, 2.24) is 25.5 Å². The Hall–Kier alpha value is -2.54. The highest BCUT2D eigenvalue weighted by Crippen LogP contribution is 2.66. The number of aromatic amines is 1. The van der Waals surface area contributed by atoms with Crippen LogP contribution in [0.5, 0.6) is 0 Å². The number of aromatic nitrogens is 4. The summed E-state index contributed by atoms with van der Waals surface area (Å²) in [7, 11) is 1.88. The van der Waals surface area contributed by atoms with Crippen LogP contribution in [0.4, 0.5) is 0 Å². The fourth-order valence-electron chi connectivity index (χ4n) is 3.80. The molecule has 2 heterocycles. The molecule has 1 aliphatic carbocycles. The molecule has 0 aliphatic heterocycles. The lowest BCUT2D eigenvalue weighted by atomic mass is 9.92. The molecule has 134 valence electrons. The van der Waals surface area contributed by atoms with Gasteiger partial charge >= 0.3 is 0 Å². The van der Waals surface area contributed by atoms with E-state index in [1.54, 1.807) is 11.3 Å². The van der Waals surface area contributed by atoms with Crippen molar-refractivity contribution in [3.05, 3.63) is 52.2 Å². The lowest BCUT2D eigenvalue weighted by molar-refractivity contribution is -0.134. The SMILES string of the molecule is CN(Cc1cccc(-c2nn[nH]n2)c1)C(=O)C1(c2cccs2)CC1(C)C. The molecule has 1 N–H and O–H groups in total. The van der Waals surface area contributed by atoms with Crippen LogP contribution in [0.25, 0.3) is 11.4 Å². The van der Waals surface area contributed by atoms with Crippen LogP contribution in [-0.2, 0) is 16.8 Å². The van der Waals surface area contributed by atoms with Gasteiger partial charge in [-0.15, -0.1) is 21.5 Å². The third kappa shape index (κ3) is 2.63. The van der Waals surface area contributed by atoms with Gasteiger partial charge in [0.2, 0.25) is 11.7 Å². The van der Waals surface area contributed by atoms with E-state index in [0.29, 0.717) is 12.4 Å². The van der Waals surface area contributed by atoms with Crippen molar-refractivity contribution in [3.8, 4) is 11.4 Å². The highest BCUT2D eigenvalue weighted by molar-refractivity contribution is 7.10. The average Bonchev–Trinajstić information content (AvgIpc) is 3.13. The van der Waals surface area contributed by atoms with E-state index < -0.39 is 0 Å². The summed E-state index contributed by atoms with van der Waals surface area (Å²) in [5.74, 6) is 0.745. The number of rotatable bonds is 5. The molecule has 1 aliphatic rings. The second-order valence-corrected chi connectivity index (χ2v) is 8.49. The lowest BCUT2D eigenvalue weighted by Crippen LogP contribution is -2.38. The number of likely N-dealkylation sites (N-methyl/N-ethyl adjacent to an activating group) is 1. The van der Waals surface area contributed by atoms with Gasteiger partial charge in [0.15, 0.2) is 0 Å². The maximum Gasteiger partial charge on any atom is 0.234 e. The largest absolute Gasteiger partial charge is 0.341 e. The van der Waals surface area contributed by atoms with Gasteiger partial charge in [-0.05, 0) is 40.1 Å². The molecule has 6 nitrogen and oxygen atoms in total. The van der Waals surface area contributed by atoms with Crippen molar-refractivity contribution in [2.75, 3.05) is 7.05 Å². The maximum atomic E-state index is 13.4. The quantitative estimate of drug-likeness (QED) is 0.751. The van der Waals surface area contributed by atoms with Gasteiger partial charge in [0.05, 0.1) is 5.41 Å². The molecule has 26 heavy (non-hydrogen) atoms. The zero-order valence-electron chi connectivity index (χ0n) is 15.1. The van der Waals surface area contributed by atoms with E-state index in [9.17, 15) is 4.79 Å². The molecule has 0 radical (unpaired) electrons. The molecule has 1 amide bonds. The van der Waals surface area contributed by atoms with E-state index in [1.807, 2.05) is 47.7 Å². The van der Waals surface area contributed by atoms with Gasteiger partial charge in [0.25, 0.3) is 0 Å². The van der Waals surface area contributed by atoms with E-state index in [0.717, 1.165) is 17.5 Å². The first-order valence-corrected chi connectivity index (χ1v) is 9.44. The van der Waals surface area contributed by atoms with Crippen LogP contribution >= 0.6 is 11.3 Å². The molecule has 3 aromatic rings. The Bertz CT molecular complexity index is 919. The van der Waals surface area contributed by atoms with Crippen molar-refractivity contribution in [2.24, 2.45) is 5.41 Å². The van der Waals surface area contributed by atoms with Gasteiger partial charge in [0.1, 0.15) is 0 Å². The fourth-order valence-corrected chi connectivity index (χ4v) is 4.89. The summed E-state index contributed by atoms with van der Waals surface area (Å²) >= 11 is 1.67. The van der Waals surface area contributed by atoms with Gasteiger partial charge in [-0.1, -0.05) is 38.1 Å². The molecule has 0 saturated heterocycles. The molecule has 0 spiro atoms. The van der Waals surface area contributed by atoms with Gasteiger partial charge in [-0.2, -0.15) is 5.21 Å². The Labute approximate surface area is 156 Å². The zero-order valence-corrected chi connectivity index (χ0v) is 15.9. The molecule has 1 atom stereocenters. The molecule has 2 aromatic heterocycles. The second kappa shape index (κ2) is 6.02. The number of hydrogen-bond donors (Lipinski definition) is 1. The van der Waals surface area contributed by atoms with Gasteiger partial charge < -0.3 is 4.90 Å². The van der Waals surface area contributed by atoms with Gasteiger partial charge in [0, 0.05) is 24.0 Å². The van der Waals surface area contributed by atoms with E-state index in [1.165, 1.54) is 4.88 Å². The van der Waals surface area contributed by atoms with Crippen molar-refractivity contribution < 1.29 is 4.79 Å². The number of benzene rings is 1. The van der Waals surface area contributed by atoms with E-state index >= 15 is 0 Å². The monoisotopic (exact) mass is 367 g/mol. The third-order valence-corrected chi connectivity index (χ3v) is 6.37. The highest BCUT2D eigenvalue weighted by atomic mass is 32.1. The number of nitrogens with zero attached hydrogens (tertiary/aromatic N) is 4. The first kappa shape index (κ1) is 16.9. The average molecular weight is 367 g/mol. The van der Waals surface area contributed by atoms with Gasteiger partial charge in [-0.25, -0.2) is 0 Å². The Morgan fingerprint density at radius 1 is 1.31 bits per heavy atom. The Morgan fingerprint density at radius 2 is 2.12 bits per heavy atom. The Morgan fingerprint density at radius 3 is 2.73 bits per heavy atom. The van der Waals surface area contributed by atoms with Crippen LogP contribution in [0, 0.1) is 5.41 Å². The summed E-state index contributed by atoms with van der Waals surface area (Å²) in [5.41, 5.74) is 1.54. The lowest BCUT2D eigenvalue weighted by Gasteiger charge is -2.26. The van der Waals surface area contributed by atoms with Crippen molar-refractivity contribution in [3.63, 3.8) is 0 Å². The summed E-state index contributed by atoms with van der Waals surface area (Å²) in [6, 6.07) is 12.0. The number of thiophene rings is 1. The van der Waals surface area contributed by atoms with Crippen LogP contribution in [0.3, 0.4) is 0 Å². The number of nitrogens with one attached hydrogen (secondary N) is 1. The smallest absolute Gasteiger partial charge is 0.234 e. The van der Waals surface area contributed by atoms with E-state index in [2.05, 4.69) is 40.5 Å². The zero-order chi connectivity index (χ0) is 18.4. The number of tetrazole rings is 1. The Kier molecular flexibility index (Phi) is 3.91. The molecule has 1 saturated carbocycles. The Balaban J connectivity index is 1.56. The van der Waals surface area contributed by atoms with Crippen molar-refractivity contribution >= 4 is 17.2 Å². The molecular formula is C19H21N5OS. The maximum absolute atomic E-state index is 13.4. The normalized spacial score (nSPS) is 20.7. The number of H-pyrrole nitrogens is 1. The predicted octanol–water partition coefficient (Wildman–Crippen LogP) is 3.25. The summed E-state index contributed by atoms with van der Waals surface area (Å²) in [6.45, 7) is 4.90. The van der Waals surface area contributed by atoms with Crippen molar-refractivity contribution in [2.45, 2.75) is 32.2 Å². The predicted molar refractivity (Wildman–Crippen MR) is 100 cm³/mol. The van der Waals surface area contributed by atoms with Crippen LogP contribution in [0.2, 0.25) is 0 Å². The summed E-state index contributed by atoms with van der Waals surface area (Å²) in [4.78, 5) is 16.4. The number of carbonyl (C=O) groups is 1. The summed E-state index contributed by atoms with van der Waals surface area (Å²) < 4.78 is 0. The molecule has 4 rings (SSSR count). The van der Waals surface area contributed by atoms with Crippen LogP contribution < -0.4 is 0 Å². The molecule has 0 bridgehead atoms. The molecule has 1 aromatic carbocycles. The molecule has 7 heteroatoms. The standard InChI is InChI=1S/C19H21N5OS/c1-18(2)12-19(18,15-8-5-9-26-15)17(25)24(3)11-13-6-4-7-14(10-13)16-20-22-23-21-16/h4-10H,11-12H2,1-3H3,(H,20,21,22,23). The van der Waals surface area contributed by atoms with Crippen LogP contribution in [0.1, 0.15) is 30.7 Å². The number of amides is 1. The third-order valence-electron chi connectivity index (χ3n) is 5.34. The van der Waals surface area contributed by atoms with E-state index in [4.69, 9.17) is 0 Å². The molecule has 1 unspecified atom stereocenters. The fraction of sp³-hybridized carbons (Fsp3) is 0.368. The first-order chi connectivity index (χ1) is 12.4. The number of hydrogen-bond acceptors (Lipinski definition) is 5. The molecular weight excluding hydrogens is 346 g/mol. The molecule has 1 fully saturated rings.